The minimum absolute atomic E-state index is 0.183. The Morgan fingerprint density at radius 1 is 0.913 bits per heavy atom. The Kier molecular flexibility index (Phi) is 4.32. The van der Waals surface area contributed by atoms with E-state index >= 15 is 0 Å². The van der Waals surface area contributed by atoms with E-state index in [-0.39, 0.29) is 10.7 Å². The van der Waals surface area contributed by atoms with Crippen LogP contribution >= 0.6 is 10.7 Å². The normalized spacial score (nSPS) is 15.3. The average Bonchev–Trinajstić information content (AvgIpc) is 3.04. The summed E-state index contributed by atoms with van der Waals surface area (Å²) in [6.07, 6.45) is 7.38. The van der Waals surface area contributed by atoms with Gasteiger partial charge < -0.3 is 0 Å². The fourth-order valence-corrected chi connectivity index (χ4v) is 5.21. The van der Waals surface area contributed by atoms with E-state index in [1.54, 1.807) is 18.2 Å². The molecule has 2 aromatic carbocycles. The van der Waals surface area contributed by atoms with E-state index in [9.17, 15) is 13.2 Å². The van der Waals surface area contributed by atoms with Crippen molar-refractivity contribution in [2.75, 3.05) is 0 Å². The zero-order chi connectivity index (χ0) is 16.6. The van der Waals surface area contributed by atoms with Crippen LogP contribution in [-0.2, 0) is 13.8 Å². The molecule has 4 rings (SSSR count). The molecule has 0 saturated heterocycles. The summed E-state index contributed by atoms with van der Waals surface area (Å²) < 4.78 is 23.5. The first-order valence-electron chi connectivity index (χ1n) is 6.68. The molecule has 0 atom stereocenters. The van der Waals surface area contributed by atoms with E-state index in [0.717, 1.165) is 16.5 Å². The van der Waals surface area contributed by atoms with E-state index in [1.807, 2.05) is 42.5 Å². The van der Waals surface area contributed by atoms with Crippen LogP contribution in [0, 0.1) is 0 Å². The van der Waals surface area contributed by atoms with Gasteiger partial charge in [-0.3, -0.25) is 4.79 Å². The number of halogens is 1. The Morgan fingerprint density at radius 2 is 1.52 bits per heavy atom. The van der Waals surface area contributed by atoms with Crippen LogP contribution in [0.15, 0.2) is 76.7 Å². The first-order chi connectivity index (χ1) is 10.9. The summed E-state index contributed by atoms with van der Waals surface area (Å²) in [5, 5.41) is 1.53. The van der Waals surface area contributed by atoms with Gasteiger partial charge in [0.05, 0.1) is 0 Å². The van der Waals surface area contributed by atoms with E-state index in [0.29, 0.717) is 9.74 Å². The summed E-state index contributed by atoms with van der Waals surface area (Å²) in [5.74, 6) is 0.185. The molecular weight excluding hydrogens is 395 g/mol. The van der Waals surface area contributed by atoms with Crippen LogP contribution in [0.3, 0.4) is 0 Å². The first kappa shape index (κ1) is 16.3. The van der Waals surface area contributed by atoms with Crippen molar-refractivity contribution in [3.05, 3.63) is 71.8 Å². The van der Waals surface area contributed by atoms with Gasteiger partial charge in [0.15, 0.2) is 5.78 Å². The number of hydrogen-bond donors (Lipinski definition) is 0. The van der Waals surface area contributed by atoms with Crippen molar-refractivity contribution in [1.29, 1.82) is 0 Å². The topological polar surface area (TPSA) is 51.2 Å². The Balaban J connectivity index is 0.000000162. The van der Waals surface area contributed by atoms with Crippen LogP contribution in [0.4, 0.5) is 0 Å². The predicted molar refractivity (Wildman–Crippen MR) is 92.7 cm³/mol. The SMILES string of the molecule is O=C1C2=CC=C1C=C2.O=S(=O)(Cl)c1c([As])ccc2ccccc12. The zero-order valence-corrected chi connectivity index (χ0v) is 15.2. The van der Waals surface area contributed by atoms with Crippen LogP contribution in [0.2, 0.25) is 0 Å². The van der Waals surface area contributed by atoms with Gasteiger partial charge in [-0.15, -0.1) is 0 Å². The molecule has 0 aliphatic heterocycles. The molecule has 0 aromatic heterocycles. The van der Waals surface area contributed by atoms with Gasteiger partial charge in [-0.1, -0.05) is 24.3 Å². The van der Waals surface area contributed by atoms with E-state index in [2.05, 4.69) is 16.9 Å². The van der Waals surface area contributed by atoms with E-state index < -0.39 is 9.05 Å². The molecule has 0 amide bonds. The van der Waals surface area contributed by atoms with Crippen molar-refractivity contribution in [3.8, 4) is 0 Å². The molecule has 2 aromatic rings. The van der Waals surface area contributed by atoms with Gasteiger partial charge in [0.1, 0.15) is 0 Å². The predicted octanol–water partition coefficient (Wildman–Crippen LogP) is 2.55. The number of carbonyl (C=O) groups is 1. The molecule has 0 spiro atoms. The first-order valence-corrected chi connectivity index (χ1v) is 9.93. The quantitative estimate of drug-likeness (QED) is 0.542. The van der Waals surface area contributed by atoms with Gasteiger partial charge >= 0.3 is 101 Å². The molecule has 114 valence electrons. The van der Waals surface area contributed by atoms with Crippen molar-refractivity contribution in [1.82, 2.24) is 0 Å². The van der Waals surface area contributed by atoms with E-state index in [1.165, 1.54) is 0 Å². The second-order valence-corrected chi connectivity index (χ2v) is 8.49. The van der Waals surface area contributed by atoms with Crippen LogP contribution in [0.25, 0.3) is 10.8 Å². The summed E-state index contributed by atoms with van der Waals surface area (Å²) in [6, 6.07) is 10.9. The standard InChI is InChI=1S/C10H6AsClO2S.C7H4O/c11-9-6-5-7-3-1-2-4-8(7)10(9)15(12,13)14;8-7-5-1-2-6(7)4-3-5/h1-6H;1-4H. The summed E-state index contributed by atoms with van der Waals surface area (Å²) in [4.78, 5) is 11.0. The molecule has 3 nitrogen and oxygen atoms in total. The monoisotopic (exact) mass is 404 g/mol. The fraction of sp³-hybridized carbons (Fsp3) is 0. The van der Waals surface area contributed by atoms with Gasteiger partial charge in [0.2, 0.25) is 0 Å². The summed E-state index contributed by atoms with van der Waals surface area (Å²) in [5.41, 5.74) is 1.67. The van der Waals surface area contributed by atoms with E-state index in [4.69, 9.17) is 10.7 Å². The molecule has 0 N–H and O–H groups in total. The zero-order valence-electron chi connectivity index (χ0n) is 11.7. The van der Waals surface area contributed by atoms with Crippen LogP contribution in [-0.4, -0.2) is 31.1 Å². The molecule has 23 heavy (non-hydrogen) atoms. The van der Waals surface area contributed by atoms with Crippen LogP contribution in [0.5, 0.6) is 0 Å². The number of allylic oxidation sites excluding steroid dienone is 6. The average molecular weight is 405 g/mol. The molecule has 0 saturated carbocycles. The summed E-state index contributed by atoms with van der Waals surface area (Å²) >= 11 is 2.22. The van der Waals surface area contributed by atoms with Gasteiger partial charge in [0.25, 0.3) is 0 Å². The molecule has 0 unspecified atom stereocenters. The third-order valence-electron chi connectivity index (χ3n) is 3.51. The van der Waals surface area contributed by atoms with Gasteiger partial charge in [-0.05, 0) is 0 Å². The molecule has 2 bridgehead atoms. The molecule has 6 heteroatoms. The van der Waals surface area contributed by atoms with Crippen molar-refractivity contribution in [2.45, 2.75) is 4.90 Å². The summed E-state index contributed by atoms with van der Waals surface area (Å²) in [7, 11) is 1.70. The third-order valence-corrected chi connectivity index (χ3v) is 6.01. The number of benzene rings is 2. The number of rotatable bonds is 1. The molecule has 2 aliphatic carbocycles. The van der Waals surface area contributed by atoms with Crippen molar-refractivity contribution >= 4 is 57.5 Å². The Labute approximate surface area is 147 Å². The second kappa shape index (κ2) is 6.12. The Morgan fingerprint density at radius 3 is 2.00 bits per heavy atom. The maximum absolute atomic E-state index is 11.4. The van der Waals surface area contributed by atoms with Crippen molar-refractivity contribution in [3.63, 3.8) is 0 Å². The van der Waals surface area contributed by atoms with Crippen molar-refractivity contribution in [2.24, 2.45) is 0 Å². The molecular formula is C17H10AsClO3S. The fourth-order valence-electron chi connectivity index (χ4n) is 2.43. The van der Waals surface area contributed by atoms with Gasteiger partial charge in [-0.2, -0.15) is 0 Å². The maximum atomic E-state index is 11.4. The Hall–Kier alpha value is -1.61. The molecule has 0 heterocycles. The van der Waals surface area contributed by atoms with Crippen molar-refractivity contribution < 1.29 is 13.2 Å². The number of hydrogen-bond acceptors (Lipinski definition) is 3. The number of ketones is 1. The molecule has 2 aliphatic rings. The second-order valence-electron chi connectivity index (χ2n) is 4.98. The van der Waals surface area contributed by atoms with Crippen LogP contribution in [0.1, 0.15) is 0 Å². The molecule has 0 fully saturated rings. The van der Waals surface area contributed by atoms with Crippen LogP contribution < -0.4 is 4.35 Å². The van der Waals surface area contributed by atoms with Gasteiger partial charge in [0, 0.05) is 11.1 Å². The molecule has 2 radical (unpaired) electrons. The number of carbonyl (C=O) groups excluding carboxylic acids is 1. The summed E-state index contributed by atoms with van der Waals surface area (Å²) in [6.45, 7) is 0. The number of Topliss-reactive ketones (excluding diaryl/α,β-unsaturated/α-hetero) is 1. The third kappa shape index (κ3) is 3.20. The van der Waals surface area contributed by atoms with Gasteiger partial charge in [-0.25, -0.2) is 0 Å². The number of fused-ring (bicyclic) bond motifs is 3. The minimum atomic E-state index is -3.70. The Bertz CT molecular complexity index is 993.